The Morgan fingerprint density at radius 1 is 1.23 bits per heavy atom. The number of aliphatic imine (C=N–C) groups is 1. The number of rotatable bonds is 6. The molecule has 1 fully saturated rings. The second-order valence-corrected chi connectivity index (χ2v) is 5.64. The van der Waals surface area contributed by atoms with E-state index >= 15 is 0 Å². The molecule has 0 aromatic heterocycles. The second kappa shape index (κ2) is 10.8. The van der Waals surface area contributed by atoms with Gasteiger partial charge in [-0.2, -0.15) is 0 Å². The normalized spacial score (nSPS) is 21.3. The predicted octanol–water partition coefficient (Wildman–Crippen LogP) is 2.56. The molecule has 0 amide bonds. The molecule has 1 aliphatic rings. The molecule has 0 radical (unpaired) electrons. The summed E-state index contributed by atoms with van der Waals surface area (Å²) in [7, 11) is 0. The Balaban J connectivity index is 0.00000242. The Hall–Kier alpha value is -0.820. The predicted molar refractivity (Wildman–Crippen MR) is 103 cm³/mol. The average molecular weight is 417 g/mol. The molecular formula is C17H28IN3O. The van der Waals surface area contributed by atoms with Gasteiger partial charge in [0.25, 0.3) is 0 Å². The van der Waals surface area contributed by atoms with Gasteiger partial charge in [0.2, 0.25) is 0 Å². The van der Waals surface area contributed by atoms with Gasteiger partial charge in [-0.25, -0.2) is 0 Å². The van der Waals surface area contributed by atoms with Crippen molar-refractivity contribution in [3.05, 3.63) is 35.9 Å². The SMILES string of the molecule is CCNC(=NCC1CCCC1O)NCCc1ccccc1.I. The van der Waals surface area contributed by atoms with Crippen LogP contribution in [-0.4, -0.2) is 36.8 Å². The van der Waals surface area contributed by atoms with Gasteiger partial charge in [0.15, 0.2) is 5.96 Å². The van der Waals surface area contributed by atoms with E-state index < -0.39 is 0 Å². The van der Waals surface area contributed by atoms with Crippen LogP contribution >= 0.6 is 24.0 Å². The number of hydrogen-bond donors (Lipinski definition) is 3. The third kappa shape index (κ3) is 6.52. The minimum atomic E-state index is -0.166. The Morgan fingerprint density at radius 3 is 2.64 bits per heavy atom. The molecule has 2 atom stereocenters. The lowest BCUT2D eigenvalue weighted by molar-refractivity contribution is 0.136. The molecule has 5 heteroatoms. The minimum absolute atomic E-state index is 0. The number of aliphatic hydroxyl groups is 1. The molecular weight excluding hydrogens is 389 g/mol. The van der Waals surface area contributed by atoms with Crippen LogP contribution in [0.3, 0.4) is 0 Å². The van der Waals surface area contributed by atoms with Crippen molar-refractivity contribution in [1.29, 1.82) is 0 Å². The standard InChI is InChI=1S/C17H27N3O.HI/c1-2-18-17(20-13-15-9-6-10-16(15)21)19-12-11-14-7-4-3-5-8-14;/h3-5,7-8,15-16,21H,2,6,9-13H2,1H3,(H2,18,19,20);1H. The van der Waals surface area contributed by atoms with E-state index in [1.54, 1.807) is 0 Å². The largest absolute Gasteiger partial charge is 0.393 e. The van der Waals surface area contributed by atoms with E-state index in [2.05, 4.69) is 46.8 Å². The van der Waals surface area contributed by atoms with Crippen LogP contribution in [0.1, 0.15) is 31.7 Å². The van der Waals surface area contributed by atoms with Gasteiger partial charge in [-0.1, -0.05) is 36.8 Å². The van der Waals surface area contributed by atoms with Crippen molar-refractivity contribution in [1.82, 2.24) is 10.6 Å². The highest BCUT2D eigenvalue weighted by Gasteiger charge is 2.24. The molecule has 2 rings (SSSR count). The molecule has 4 nitrogen and oxygen atoms in total. The van der Waals surface area contributed by atoms with Crippen molar-refractivity contribution < 1.29 is 5.11 Å². The van der Waals surface area contributed by atoms with E-state index in [-0.39, 0.29) is 30.1 Å². The van der Waals surface area contributed by atoms with Gasteiger partial charge in [-0.3, -0.25) is 4.99 Å². The van der Waals surface area contributed by atoms with E-state index in [1.807, 2.05) is 6.07 Å². The molecule has 0 bridgehead atoms. The third-order valence-corrected chi connectivity index (χ3v) is 4.00. The van der Waals surface area contributed by atoms with Crippen LogP contribution in [0, 0.1) is 5.92 Å². The second-order valence-electron chi connectivity index (χ2n) is 5.64. The highest BCUT2D eigenvalue weighted by atomic mass is 127. The number of nitrogens with one attached hydrogen (secondary N) is 2. The van der Waals surface area contributed by atoms with E-state index in [0.717, 1.165) is 44.7 Å². The zero-order valence-corrected chi connectivity index (χ0v) is 15.6. The fourth-order valence-electron chi connectivity index (χ4n) is 2.75. The van der Waals surface area contributed by atoms with Crippen molar-refractivity contribution in [3.8, 4) is 0 Å². The zero-order chi connectivity index (χ0) is 14.9. The molecule has 0 aliphatic heterocycles. The highest BCUT2D eigenvalue weighted by molar-refractivity contribution is 14.0. The maximum atomic E-state index is 9.85. The summed E-state index contributed by atoms with van der Waals surface area (Å²) in [5, 5.41) is 16.5. The molecule has 124 valence electrons. The lowest BCUT2D eigenvalue weighted by atomic mass is 10.1. The fraction of sp³-hybridized carbons (Fsp3) is 0.588. The van der Waals surface area contributed by atoms with Gasteiger partial charge in [-0.15, -0.1) is 24.0 Å². The number of nitrogens with zero attached hydrogens (tertiary/aromatic N) is 1. The molecule has 1 aromatic carbocycles. The zero-order valence-electron chi connectivity index (χ0n) is 13.3. The molecule has 0 heterocycles. The number of benzene rings is 1. The first-order chi connectivity index (χ1) is 10.3. The monoisotopic (exact) mass is 417 g/mol. The van der Waals surface area contributed by atoms with Crippen molar-refractivity contribution in [2.45, 2.75) is 38.7 Å². The van der Waals surface area contributed by atoms with Crippen LogP contribution in [0.5, 0.6) is 0 Å². The molecule has 1 aromatic rings. The summed E-state index contributed by atoms with van der Waals surface area (Å²) in [5.74, 6) is 1.18. The summed E-state index contributed by atoms with van der Waals surface area (Å²) in [6.07, 6.45) is 3.96. The first-order valence-electron chi connectivity index (χ1n) is 8.03. The van der Waals surface area contributed by atoms with Gasteiger partial charge in [0, 0.05) is 25.6 Å². The maximum absolute atomic E-state index is 9.85. The van der Waals surface area contributed by atoms with Gasteiger partial charge in [-0.05, 0) is 31.7 Å². The van der Waals surface area contributed by atoms with Crippen molar-refractivity contribution in [2.24, 2.45) is 10.9 Å². The molecule has 2 unspecified atom stereocenters. The van der Waals surface area contributed by atoms with Crippen LogP contribution in [0.25, 0.3) is 0 Å². The van der Waals surface area contributed by atoms with E-state index in [1.165, 1.54) is 5.56 Å². The number of aliphatic hydroxyl groups excluding tert-OH is 1. The van der Waals surface area contributed by atoms with E-state index in [4.69, 9.17) is 0 Å². The Morgan fingerprint density at radius 2 is 2.00 bits per heavy atom. The summed E-state index contributed by atoms with van der Waals surface area (Å²) >= 11 is 0. The third-order valence-electron chi connectivity index (χ3n) is 4.00. The lowest BCUT2D eigenvalue weighted by Crippen LogP contribution is -2.39. The van der Waals surface area contributed by atoms with Crippen molar-refractivity contribution in [3.63, 3.8) is 0 Å². The Labute approximate surface area is 150 Å². The lowest BCUT2D eigenvalue weighted by Gasteiger charge is -2.15. The maximum Gasteiger partial charge on any atom is 0.191 e. The van der Waals surface area contributed by atoms with Crippen molar-refractivity contribution in [2.75, 3.05) is 19.6 Å². The summed E-state index contributed by atoms with van der Waals surface area (Å²) in [5.41, 5.74) is 1.33. The van der Waals surface area contributed by atoms with Gasteiger partial charge in [0.1, 0.15) is 0 Å². The molecule has 3 N–H and O–H groups in total. The van der Waals surface area contributed by atoms with Gasteiger partial charge in [0.05, 0.1) is 6.10 Å². The van der Waals surface area contributed by atoms with E-state index in [0.29, 0.717) is 12.5 Å². The van der Waals surface area contributed by atoms with E-state index in [9.17, 15) is 5.11 Å². The average Bonchev–Trinajstić information content (AvgIpc) is 2.91. The number of halogens is 1. The molecule has 1 aliphatic carbocycles. The first kappa shape index (κ1) is 19.2. The smallest absolute Gasteiger partial charge is 0.191 e. The summed E-state index contributed by atoms with van der Waals surface area (Å²) < 4.78 is 0. The summed E-state index contributed by atoms with van der Waals surface area (Å²) in [6.45, 7) is 4.49. The highest BCUT2D eigenvalue weighted by Crippen LogP contribution is 2.25. The first-order valence-corrected chi connectivity index (χ1v) is 8.03. The Bertz CT molecular complexity index is 439. The summed E-state index contributed by atoms with van der Waals surface area (Å²) in [4.78, 5) is 4.61. The number of guanidine groups is 1. The number of hydrogen-bond acceptors (Lipinski definition) is 2. The quantitative estimate of drug-likeness (QED) is 0.379. The van der Waals surface area contributed by atoms with Crippen LogP contribution in [0.2, 0.25) is 0 Å². The fourth-order valence-corrected chi connectivity index (χ4v) is 2.75. The summed E-state index contributed by atoms with van der Waals surface area (Å²) in [6, 6.07) is 10.4. The van der Waals surface area contributed by atoms with Crippen LogP contribution in [-0.2, 0) is 6.42 Å². The van der Waals surface area contributed by atoms with Crippen molar-refractivity contribution >= 4 is 29.9 Å². The van der Waals surface area contributed by atoms with Crippen LogP contribution < -0.4 is 10.6 Å². The molecule has 0 spiro atoms. The minimum Gasteiger partial charge on any atom is -0.393 e. The van der Waals surface area contributed by atoms with Crippen LogP contribution in [0.4, 0.5) is 0 Å². The Kier molecular flexibility index (Phi) is 9.47. The topological polar surface area (TPSA) is 56.7 Å². The van der Waals surface area contributed by atoms with Crippen LogP contribution in [0.15, 0.2) is 35.3 Å². The van der Waals surface area contributed by atoms with Gasteiger partial charge < -0.3 is 15.7 Å². The van der Waals surface area contributed by atoms with Gasteiger partial charge >= 0.3 is 0 Å². The molecule has 22 heavy (non-hydrogen) atoms. The molecule has 0 saturated heterocycles. The molecule has 1 saturated carbocycles.